The summed E-state index contributed by atoms with van der Waals surface area (Å²) in [6.45, 7) is -0.825. The van der Waals surface area contributed by atoms with E-state index in [-0.39, 0.29) is 45.8 Å². The zero-order chi connectivity index (χ0) is 28.4. The molecule has 0 aromatic carbocycles. The van der Waals surface area contributed by atoms with Crippen molar-refractivity contribution in [1.82, 2.24) is 30.0 Å². The molecule has 5 N–H and O–H groups in total. The Morgan fingerprint density at radius 1 is 1.44 bits per heavy atom. The van der Waals surface area contributed by atoms with Crippen molar-refractivity contribution in [1.29, 1.82) is 0 Å². The number of aldehydes is 1. The molecule has 0 saturated carbocycles. The molecule has 19 heteroatoms. The average molecular weight is 579 g/mol. The number of carbonyl (C=O) groups is 4. The molecule has 2 aliphatic heterocycles. The molecule has 0 aliphatic carbocycles. The number of oxime groups is 1. The van der Waals surface area contributed by atoms with Crippen LogP contribution in [0.15, 0.2) is 31.4 Å². The minimum atomic E-state index is -1.47. The van der Waals surface area contributed by atoms with Gasteiger partial charge in [0.2, 0.25) is 0 Å². The number of anilines is 1. The molecule has 2 aromatic heterocycles. The number of nitrogen functional groups attached to an aromatic ring is 1. The number of hydrogen-bond acceptors (Lipinski definition) is 14. The molecule has 0 radical (unpaired) electrons. The SMILES string of the molecule is CON=C(C(=O)NC1C(=O)N2C(C(=O)O)=C(CC(=S)c3n[nH]c(=O)c(=O)n3CC=O)COC12)c1csc(N)n1. The fourth-order valence-corrected chi connectivity index (χ4v) is 4.76. The molecule has 39 heavy (non-hydrogen) atoms. The number of β-lactam (4-membered cyclic amide) rings is 1. The lowest BCUT2D eigenvalue weighted by molar-refractivity contribution is -0.184. The van der Waals surface area contributed by atoms with Crippen LogP contribution in [0.4, 0.5) is 5.13 Å². The van der Waals surface area contributed by atoms with E-state index in [1.807, 2.05) is 5.10 Å². The zero-order valence-electron chi connectivity index (χ0n) is 19.8. The van der Waals surface area contributed by atoms with E-state index >= 15 is 0 Å². The predicted octanol–water partition coefficient (Wildman–Crippen LogP) is -2.65. The van der Waals surface area contributed by atoms with Crippen molar-refractivity contribution < 1.29 is 33.9 Å². The Morgan fingerprint density at radius 3 is 2.79 bits per heavy atom. The summed E-state index contributed by atoms with van der Waals surface area (Å²) in [4.78, 5) is 82.0. The molecule has 204 valence electrons. The van der Waals surface area contributed by atoms with E-state index in [4.69, 9.17) is 27.5 Å². The maximum atomic E-state index is 13.0. The van der Waals surface area contributed by atoms with Crippen LogP contribution in [0, 0.1) is 0 Å². The van der Waals surface area contributed by atoms with Gasteiger partial charge in [-0.2, -0.15) is 5.10 Å². The number of hydrogen-bond donors (Lipinski definition) is 4. The molecule has 4 rings (SSSR count). The summed E-state index contributed by atoms with van der Waals surface area (Å²) in [7, 11) is 1.21. The highest BCUT2D eigenvalue weighted by molar-refractivity contribution is 7.80. The fourth-order valence-electron chi connectivity index (χ4n) is 3.88. The van der Waals surface area contributed by atoms with Crippen LogP contribution in [0.25, 0.3) is 0 Å². The highest BCUT2D eigenvalue weighted by Crippen LogP contribution is 2.34. The second-order valence-electron chi connectivity index (χ2n) is 7.87. The number of aliphatic carboxylic acids is 1. The number of thiazole rings is 1. The monoisotopic (exact) mass is 578 g/mol. The predicted molar refractivity (Wildman–Crippen MR) is 135 cm³/mol. The summed E-state index contributed by atoms with van der Waals surface area (Å²) in [5.74, 6) is -3.33. The van der Waals surface area contributed by atoms with Gasteiger partial charge in [0, 0.05) is 11.8 Å². The normalized spacial score (nSPS) is 18.7. The smallest absolute Gasteiger partial charge is 0.352 e. The molecule has 0 bridgehead atoms. The molecular weight excluding hydrogens is 560 g/mol. The second kappa shape index (κ2) is 11.0. The highest BCUT2D eigenvalue weighted by Gasteiger charge is 2.55. The first-order valence-electron chi connectivity index (χ1n) is 10.8. The topological polar surface area (TPSA) is 241 Å². The standard InChI is InChI=1S/C20H18N8O9S2/c1-36-26-10(8-6-39-20(21)22-8)14(30)23-11-16(32)28-12(19(34)35)7(5-37-18(11)28)4-9(38)13-24-25-15(31)17(33)27(13)2-3-29/h3,6,11,18H,2,4-5H2,1H3,(H2,21,22)(H,23,30)(H,25,31)(H,34,35). The summed E-state index contributed by atoms with van der Waals surface area (Å²) < 4.78 is 6.41. The number of rotatable bonds is 10. The van der Waals surface area contributed by atoms with E-state index < -0.39 is 53.4 Å². The van der Waals surface area contributed by atoms with Gasteiger partial charge in [0.25, 0.3) is 11.8 Å². The Morgan fingerprint density at radius 2 is 2.18 bits per heavy atom. The lowest BCUT2D eigenvalue weighted by atomic mass is 9.96. The fraction of sp³-hybridized carbons (Fsp3) is 0.300. The number of aromatic nitrogens is 4. The number of nitrogens with two attached hydrogens (primary N) is 1. The van der Waals surface area contributed by atoms with Gasteiger partial charge in [0.05, 0.1) is 18.0 Å². The third-order valence-corrected chi connectivity index (χ3v) is 6.54. The summed E-state index contributed by atoms with van der Waals surface area (Å²) in [5.41, 5.74) is 2.92. The number of carbonyl (C=O) groups excluding carboxylic acids is 3. The summed E-state index contributed by atoms with van der Waals surface area (Å²) in [6, 6.07) is -1.25. The Labute approximate surface area is 225 Å². The minimum absolute atomic E-state index is 0.0551. The molecule has 0 spiro atoms. The van der Waals surface area contributed by atoms with E-state index in [1.165, 1.54) is 12.5 Å². The summed E-state index contributed by atoms with van der Waals surface area (Å²) >= 11 is 6.36. The Balaban J connectivity index is 1.57. The van der Waals surface area contributed by atoms with Gasteiger partial charge in [0.15, 0.2) is 28.9 Å². The number of carboxylic acids is 1. The van der Waals surface area contributed by atoms with Gasteiger partial charge >= 0.3 is 17.1 Å². The van der Waals surface area contributed by atoms with Gasteiger partial charge in [0.1, 0.15) is 24.8 Å². The number of thiocarbonyl (C=S) groups is 1. The van der Waals surface area contributed by atoms with E-state index in [0.717, 1.165) is 20.8 Å². The average Bonchev–Trinajstić information content (AvgIpc) is 3.33. The van der Waals surface area contributed by atoms with Crippen LogP contribution < -0.4 is 22.2 Å². The van der Waals surface area contributed by atoms with Crippen LogP contribution in [0.3, 0.4) is 0 Å². The van der Waals surface area contributed by atoms with Crippen LogP contribution in [0.5, 0.6) is 0 Å². The number of nitrogens with one attached hydrogen (secondary N) is 2. The van der Waals surface area contributed by atoms with E-state index in [2.05, 4.69) is 20.6 Å². The van der Waals surface area contributed by atoms with Crippen LogP contribution in [0.1, 0.15) is 17.9 Å². The molecular formula is C20H18N8O9S2. The maximum Gasteiger partial charge on any atom is 0.352 e. The first-order valence-corrected chi connectivity index (χ1v) is 12.1. The molecule has 2 unspecified atom stereocenters. The van der Waals surface area contributed by atoms with E-state index in [1.54, 1.807) is 0 Å². The van der Waals surface area contributed by atoms with Crippen molar-refractivity contribution in [2.45, 2.75) is 25.2 Å². The third kappa shape index (κ3) is 5.09. The van der Waals surface area contributed by atoms with Crippen molar-refractivity contribution >= 4 is 63.3 Å². The van der Waals surface area contributed by atoms with Crippen LogP contribution in [-0.2, 0) is 35.3 Å². The second-order valence-corrected chi connectivity index (χ2v) is 9.25. The van der Waals surface area contributed by atoms with E-state index in [9.17, 15) is 33.9 Å². The molecule has 17 nitrogen and oxygen atoms in total. The van der Waals surface area contributed by atoms with Gasteiger partial charge in [-0.25, -0.2) is 14.9 Å². The van der Waals surface area contributed by atoms with Crippen molar-refractivity contribution in [2.24, 2.45) is 5.16 Å². The van der Waals surface area contributed by atoms with Gasteiger partial charge in [-0.3, -0.25) is 28.6 Å². The molecule has 1 fully saturated rings. The summed E-state index contributed by atoms with van der Waals surface area (Å²) in [5, 5.41) is 23.3. The molecule has 2 aromatic rings. The van der Waals surface area contributed by atoms with Gasteiger partial charge in [-0.1, -0.05) is 17.4 Å². The van der Waals surface area contributed by atoms with Crippen molar-refractivity contribution in [3.63, 3.8) is 0 Å². The molecule has 2 aliphatic rings. The van der Waals surface area contributed by atoms with Crippen molar-refractivity contribution in [2.75, 3.05) is 19.5 Å². The number of aromatic amines is 1. The largest absolute Gasteiger partial charge is 0.477 e. The van der Waals surface area contributed by atoms with Crippen LogP contribution >= 0.6 is 23.6 Å². The molecule has 1 saturated heterocycles. The first kappa shape index (κ1) is 27.4. The summed E-state index contributed by atoms with van der Waals surface area (Å²) in [6.07, 6.45) is -1.10. The first-order chi connectivity index (χ1) is 18.6. The van der Waals surface area contributed by atoms with Gasteiger partial charge in [-0.05, 0) is 5.57 Å². The molecule has 4 heterocycles. The van der Waals surface area contributed by atoms with E-state index in [0.29, 0.717) is 6.29 Å². The maximum absolute atomic E-state index is 13.0. The number of amides is 2. The quantitative estimate of drug-likeness (QED) is 0.0429. The van der Waals surface area contributed by atoms with Crippen LogP contribution in [-0.4, -0.2) is 90.4 Å². The highest BCUT2D eigenvalue weighted by atomic mass is 32.1. The Kier molecular flexibility index (Phi) is 7.74. The zero-order valence-corrected chi connectivity index (χ0v) is 21.4. The van der Waals surface area contributed by atoms with Crippen LogP contribution in [0.2, 0.25) is 0 Å². The van der Waals surface area contributed by atoms with Gasteiger partial charge < -0.3 is 30.5 Å². The number of fused-ring (bicyclic) bond motifs is 1. The third-order valence-electron chi connectivity index (χ3n) is 5.54. The molecule has 2 amide bonds. The Bertz CT molecular complexity index is 1570. The van der Waals surface area contributed by atoms with Crippen molar-refractivity contribution in [3.05, 3.63) is 48.9 Å². The Hall–Kier alpha value is -4.62. The number of nitrogens with zero attached hydrogens (tertiary/aromatic N) is 5. The minimum Gasteiger partial charge on any atom is -0.477 e. The molecule has 2 atom stereocenters. The van der Waals surface area contributed by atoms with Gasteiger partial charge in [-0.15, -0.1) is 11.3 Å². The number of ether oxygens (including phenoxy) is 1. The number of H-pyrrole nitrogens is 1. The lowest BCUT2D eigenvalue weighted by Gasteiger charge is -2.49. The number of carboxylic acid groups (broad SMARTS) is 1. The lowest BCUT2D eigenvalue weighted by Crippen LogP contribution is -2.73. The van der Waals surface area contributed by atoms with Crippen molar-refractivity contribution in [3.8, 4) is 0 Å².